The predicted molar refractivity (Wildman–Crippen MR) is 72.8 cm³/mol. The lowest BCUT2D eigenvalue weighted by Crippen LogP contribution is -2.08. The Bertz CT molecular complexity index is 366. The van der Waals surface area contributed by atoms with Crippen LogP contribution in [-0.4, -0.2) is 47.9 Å². The number of benzene rings is 1. The fourth-order valence-corrected chi connectivity index (χ4v) is 2.30. The number of ether oxygens (including phenoxy) is 2. The van der Waals surface area contributed by atoms with Crippen molar-refractivity contribution in [2.24, 2.45) is 0 Å². The van der Waals surface area contributed by atoms with E-state index in [2.05, 4.69) is 0 Å². The molecule has 6 heteroatoms. The molecule has 0 aliphatic carbocycles. The SMILES string of the molecule is COCc1c(O)c(CCO)c(CCO)c(O)c1COC. The molecule has 114 valence electrons. The first kappa shape index (κ1) is 16.7. The number of phenols is 2. The lowest BCUT2D eigenvalue weighted by atomic mass is 9.92. The molecule has 0 fully saturated rings. The van der Waals surface area contributed by atoms with E-state index in [0.29, 0.717) is 22.3 Å². The zero-order valence-electron chi connectivity index (χ0n) is 11.8. The summed E-state index contributed by atoms with van der Waals surface area (Å²) in [6, 6.07) is 0. The lowest BCUT2D eigenvalue weighted by Gasteiger charge is -2.20. The van der Waals surface area contributed by atoms with Crippen LogP contribution < -0.4 is 0 Å². The van der Waals surface area contributed by atoms with E-state index >= 15 is 0 Å². The topological polar surface area (TPSA) is 99.4 Å². The van der Waals surface area contributed by atoms with Gasteiger partial charge in [0, 0.05) is 49.7 Å². The van der Waals surface area contributed by atoms with Crippen molar-refractivity contribution in [2.45, 2.75) is 26.1 Å². The second-order valence-electron chi connectivity index (χ2n) is 4.42. The van der Waals surface area contributed by atoms with Crippen LogP contribution in [0, 0.1) is 0 Å². The van der Waals surface area contributed by atoms with E-state index in [9.17, 15) is 10.2 Å². The Morgan fingerprint density at radius 1 is 0.700 bits per heavy atom. The highest BCUT2D eigenvalue weighted by Crippen LogP contribution is 2.39. The van der Waals surface area contributed by atoms with E-state index in [0.717, 1.165) is 0 Å². The summed E-state index contributed by atoms with van der Waals surface area (Å²) in [4.78, 5) is 0. The van der Waals surface area contributed by atoms with E-state index in [-0.39, 0.29) is 50.8 Å². The summed E-state index contributed by atoms with van der Waals surface area (Å²) in [5.41, 5.74) is 1.76. The van der Waals surface area contributed by atoms with Crippen LogP contribution >= 0.6 is 0 Å². The molecule has 1 aromatic rings. The molecule has 20 heavy (non-hydrogen) atoms. The first-order valence-electron chi connectivity index (χ1n) is 6.39. The molecule has 0 saturated carbocycles. The summed E-state index contributed by atoms with van der Waals surface area (Å²) in [5, 5.41) is 38.9. The summed E-state index contributed by atoms with van der Waals surface area (Å²) < 4.78 is 10.1. The maximum Gasteiger partial charge on any atom is 0.125 e. The van der Waals surface area contributed by atoms with Crippen molar-refractivity contribution in [1.29, 1.82) is 0 Å². The highest BCUT2D eigenvalue weighted by molar-refractivity contribution is 5.58. The number of rotatable bonds is 8. The Morgan fingerprint density at radius 2 is 1.05 bits per heavy atom. The average molecular weight is 286 g/mol. The maximum atomic E-state index is 10.4. The number of methoxy groups -OCH3 is 2. The normalized spacial score (nSPS) is 11.0. The second kappa shape index (κ2) is 8.06. The van der Waals surface area contributed by atoms with Gasteiger partial charge in [0.15, 0.2) is 0 Å². The van der Waals surface area contributed by atoms with Gasteiger partial charge in [-0.1, -0.05) is 0 Å². The molecular formula is C14H22O6. The van der Waals surface area contributed by atoms with Gasteiger partial charge >= 0.3 is 0 Å². The minimum atomic E-state index is -0.165. The van der Waals surface area contributed by atoms with E-state index in [1.165, 1.54) is 14.2 Å². The molecule has 0 saturated heterocycles. The quantitative estimate of drug-likeness (QED) is 0.518. The Balaban J connectivity index is 3.50. The number of aliphatic hydroxyl groups is 2. The molecule has 0 aliphatic rings. The van der Waals surface area contributed by atoms with Gasteiger partial charge in [0.05, 0.1) is 13.2 Å². The zero-order chi connectivity index (χ0) is 15.1. The summed E-state index contributed by atoms with van der Waals surface area (Å²) in [6.07, 6.45) is 0.386. The molecule has 4 N–H and O–H groups in total. The molecule has 0 aromatic heterocycles. The predicted octanol–water partition coefficient (Wildman–Crippen LogP) is 0.460. The van der Waals surface area contributed by atoms with Gasteiger partial charge in [-0.05, 0) is 12.8 Å². The van der Waals surface area contributed by atoms with Crippen molar-refractivity contribution in [3.05, 3.63) is 22.3 Å². The summed E-state index contributed by atoms with van der Waals surface area (Å²) >= 11 is 0. The van der Waals surface area contributed by atoms with Gasteiger partial charge in [-0.15, -0.1) is 0 Å². The van der Waals surface area contributed by atoms with Crippen LogP contribution in [0.2, 0.25) is 0 Å². The van der Waals surface area contributed by atoms with Crippen molar-refractivity contribution in [3.8, 4) is 11.5 Å². The molecule has 0 radical (unpaired) electrons. The van der Waals surface area contributed by atoms with Crippen LogP contribution in [0.1, 0.15) is 22.3 Å². The second-order valence-corrected chi connectivity index (χ2v) is 4.42. The fraction of sp³-hybridized carbons (Fsp3) is 0.571. The maximum absolute atomic E-state index is 10.4. The Hall–Kier alpha value is -1.34. The third kappa shape index (κ3) is 3.40. The molecular weight excluding hydrogens is 264 g/mol. The molecule has 0 unspecified atom stereocenters. The molecule has 1 aromatic carbocycles. The molecule has 0 bridgehead atoms. The van der Waals surface area contributed by atoms with Gasteiger partial charge in [0.1, 0.15) is 11.5 Å². The van der Waals surface area contributed by atoms with Crippen LogP contribution in [0.4, 0.5) is 0 Å². The Kier molecular flexibility index (Phi) is 6.74. The van der Waals surface area contributed by atoms with Gasteiger partial charge in [0.2, 0.25) is 0 Å². The molecule has 0 heterocycles. The highest BCUT2D eigenvalue weighted by Gasteiger charge is 2.22. The third-order valence-electron chi connectivity index (χ3n) is 3.17. The first-order valence-corrected chi connectivity index (χ1v) is 6.39. The third-order valence-corrected chi connectivity index (χ3v) is 3.17. The van der Waals surface area contributed by atoms with Crippen molar-refractivity contribution >= 4 is 0 Å². The number of aliphatic hydroxyl groups excluding tert-OH is 2. The van der Waals surface area contributed by atoms with E-state index in [1.54, 1.807) is 0 Å². The molecule has 0 spiro atoms. The Labute approximate surface area is 118 Å². The minimum absolute atomic E-state index is 0.0193. The van der Waals surface area contributed by atoms with Gasteiger partial charge in [-0.2, -0.15) is 0 Å². The van der Waals surface area contributed by atoms with Crippen LogP contribution in [-0.2, 0) is 35.5 Å². The molecule has 0 amide bonds. The standard InChI is InChI=1S/C14H22O6/c1-19-7-11-12(8-20-2)14(18)10(4-6-16)9(3-5-15)13(11)17/h15-18H,3-8H2,1-2H3. The highest BCUT2D eigenvalue weighted by atomic mass is 16.5. The van der Waals surface area contributed by atoms with Gasteiger partial charge in [-0.3, -0.25) is 0 Å². The summed E-state index contributed by atoms with van der Waals surface area (Å²) in [7, 11) is 2.97. The lowest BCUT2D eigenvalue weighted by molar-refractivity contribution is 0.163. The smallest absolute Gasteiger partial charge is 0.125 e. The fourth-order valence-electron chi connectivity index (χ4n) is 2.30. The van der Waals surface area contributed by atoms with Gasteiger partial charge in [0.25, 0.3) is 0 Å². The van der Waals surface area contributed by atoms with Crippen molar-refractivity contribution < 1.29 is 29.9 Å². The van der Waals surface area contributed by atoms with E-state index in [4.69, 9.17) is 19.7 Å². The van der Waals surface area contributed by atoms with Crippen LogP contribution in [0.15, 0.2) is 0 Å². The average Bonchev–Trinajstić information content (AvgIpc) is 2.44. The molecule has 6 nitrogen and oxygen atoms in total. The van der Waals surface area contributed by atoms with E-state index < -0.39 is 0 Å². The molecule has 0 atom stereocenters. The van der Waals surface area contributed by atoms with Crippen molar-refractivity contribution in [3.63, 3.8) is 0 Å². The summed E-state index contributed by atoms with van der Waals surface area (Å²) in [5.74, 6) is -0.0385. The monoisotopic (exact) mass is 286 g/mol. The minimum Gasteiger partial charge on any atom is -0.507 e. The number of hydrogen-bond donors (Lipinski definition) is 4. The largest absolute Gasteiger partial charge is 0.507 e. The summed E-state index contributed by atoms with van der Waals surface area (Å²) in [6.45, 7) is -0.0885. The molecule has 0 aliphatic heterocycles. The van der Waals surface area contributed by atoms with Gasteiger partial charge in [-0.25, -0.2) is 0 Å². The zero-order valence-corrected chi connectivity index (χ0v) is 11.8. The number of aromatic hydroxyl groups is 2. The van der Waals surface area contributed by atoms with Crippen LogP contribution in [0.3, 0.4) is 0 Å². The number of hydrogen-bond acceptors (Lipinski definition) is 6. The van der Waals surface area contributed by atoms with E-state index in [1.807, 2.05) is 0 Å². The van der Waals surface area contributed by atoms with Crippen LogP contribution in [0.25, 0.3) is 0 Å². The first-order chi connectivity index (χ1) is 9.62. The van der Waals surface area contributed by atoms with Crippen molar-refractivity contribution in [1.82, 2.24) is 0 Å². The van der Waals surface area contributed by atoms with Crippen LogP contribution in [0.5, 0.6) is 11.5 Å². The molecule has 1 rings (SSSR count). The van der Waals surface area contributed by atoms with Crippen molar-refractivity contribution in [2.75, 3.05) is 27.4 Å². The number of phenolic OH excluding ortho intramolecular Hbond substituents is 2. The van der Waals surface area contributed by atoms with Gasteiger partial charge < -0.3 is 29.9 Å². The Morgan fingerprint density at radius 3 is 1.30 bits per heavy atom.